The lowest BCUT2D eigenvalue weighted by atomic mass is 10.1. The second-order valence-electron chi connectivity index (χ2n) is 3.86. The van der Waals surface area contributed by atoms with Crippen molar-refractivity contribution in [3.05, 3.63) is 29.6 Å². The maximum Gasteiger partial charge on any atom is 0.127 e. The third kappa shape index (κ3) is 5.12. The van der Waals surface area contributed by atoms with E-state index in [-0.39, 0.29) is 18.4 Å². The van der Waals surface area contributed by atoms with E-state index in [1.807, 2.05) is 0 Å². The summed E-state index contributed by atoms with van der Waals surface area (Å²) in [5, 5.41) is 21.2. The van der Waals surface area contributed by atoms with Crippen LogP contribution >= 0.6 is 0 Å². The molecule has 0 aromatic heterocycles. The monoisotopic (exact) mass is 243 g/mol. The van der Waals surface area contributed by atoms with Gasteiger partial charge in [-0.05, 0) is 24.1 Å². The molecule has 0 aliphatic rings. The van der Waals surface area contributed by atoms with E-state index >= 15 is 0 Å². The lowest BCUT2D eigenvalue weighted by molar-refractivity contribution is 0.148. The molecule has 4 nitrogen and oxygen atoms in total. The normalized spacial score (nSPS) is 12.6. The average molecular weight is 243 g/mol. The van der Waals surface area contributed by atoms with E-state index in [0.29, 0.717) is 25.1 Å². The van der Waals surface area contributed by atoms with Crippen molar-refractivity contribution in [2.45, 2.75) is 19.0 Å². The van der Waals surface area contributed by atoms with Gasteiger partial charge in [-0.1, -0.05) is 0 Å². The predicted octanol–water partition coefficient (Wildman–Crippen LogP) is 1.02. The van der Waals surface area contributed by atoms with Crippen LogP contribution in [-0.2, 0) is 11.3 Å². The average Bonchev–Trinajstić information content (AvgIpc) is 2.25. The summed E-state index contributed by atoms with van der Waals surface area (Å²) in [7, 11) is 1.58. The first-order valence-corrected chi connectivity index (χ1v) is 5.47. The number of phenolic OH excluding ortho intramolecular Hbond substituents is 1. The molecule has 0 aliphatic heterocycles. The van der Waals surface area contributed by atoms with Gasteiger partial charge in [0.15, 0.2) is 0 Å². The van der Waals surface area contributed by atoms with Crippen LogP contribution in [0.1, 0.15) is 12.0 Å². The highest BCUT2D eigenvalue weighted by atomic mass is 19.1. The van der Waals surface area contributed by atoms with Crippen molar-refractivity contribution in [1.82, 2.24) is 5.32 Å². The molecular weight excluding hydrogens is 225 g/mol. The number of phenols is 1. The van der Waals surface area contributed by atoms with Gasteiger partial charge in [0.2, 0.25) is 0 Å². The molecule has 3 N–H and O–H groups in total. The van der Waals surface area contributed by atoms with E-state index in [2.05, 4.69) is 5.32 Å². The fourth-order valence-corrected chi connectivity index (χ4v) is 1.60. The molecule has 0 bridgehead atoms. The quantitative estimate of drug-likeness (QED) is 0.669. The summed E-state index contributed by atoms with van der Waals surface area (Å²) < 4.78 is 18.0. The second-order valence-corrected chi connectivity index (χ2v) is 3.86. The molecule has 0 saturated heterocycles. The van der Waals surface area contributed by atoms with Gasteiger partial charge in [-0.2, -0.15) is 0 Å². The molecule has 0 saturated carbocycles. The molecule has 5 heteroatoms. The molecule has 1 atom stereocenters. The first-order chi connectivity index (χ1) is 8.15. The number of hydrogen-bond donors (Lipinski definition) is 3. The summed E-state index contributed by atoms with van der Waals surface area (Å²) in [5.41, 5.74) is 0.654. The molecule has 1 aromatic carbocycles. The minimum Gasteiger partial charge on any atom is -0.508 e. The Bertz CT molecular complexity index is 320. The van der Waals surface area contributed by atoms with Crippen molar-refractivity contribution in [3.8, 4) is 5.75 Å². The molecule has 1 unspecified atom stereocenters. The highest BCUT2D eigenvalue weighted by Crippen LogP contribution is 2.14. The van der Waals surface area contributed by atoms with Gasteiger partial charge < -0.3 is 20.3 Å². The Kier molecular flexibility index (Phi) is 5.90. The molecule has 0 fully saturated rings. The van der Waals surface area contributed by atoms with Gasteiger partial charge in [0.05, 0.1) is 6.61 Å². The van der Waals surface area contributed by atoms with Gasteiger partial charge in [0.25, 0.3) is 0 Å². The number of halogens is 1. The van der Waals surface area contributed by atoms with Gasteiger partial charge in [0.1, 0.15) is 11.6 Å². The number of rotatable bonds is 7. The Morgan fingerprint density at radius 3 is 2.76 bits per heavy atom. The van der Waals surface area contributed by atoms with Gasteiger partial charge in [-0.3, -0.25) is 0 Å². The van der Waals surface area contributed by atoms with Crippen molar-refractivity contribution in [1.29, 1.82) is 0 Å². The Morgan fingerprint density at radius 2 is 2.18 bits per heavy atom. The SMILES string of the molecule is COCC(CCO)NCc1cc(O)cc(F)c1. The summed E-state index contributed by atoms with van der Waals surface area (Å²) in [6.45, 7) is 0.955. The number of aromatic hydroxyl groups is 1. The Morgan fingerprint density at radius 1 is 1.41 bits per heavy atom. The van der Waals surface area contributed by atoms with Crippen molar-refractivity contribution in [2.24, 2.45) is 0 Å². The summed E-state index contributed by atoms with van der Waals surface area (Å²) in [4.78, 5) is 0. The molecule has 17 heavy (non-hydrogen) atoms. The first kappa shape index (κ1) is 13.9. The number of methoxy groups -OCH3 is 1. The van der Waals surface area contributed by atoms with E-state index < -0.39 is 5.82 Å². The third-order valence-electron chi connectivity index (χ3n) is 2.38. The summed E-state index contributed by atoms with van der Waals surface area (Å²) in [5.74, 6) is -0.556. The fraction of sp³-hybridized carbons (Fsp3) is 0.500. The van der Waals surface area contributed by atoms with Crippen molar-refractivity contribution >= 4 is 0 Å². The minimum absolute atomic E-state index is 0.00964. The van der Waals surface area contributed by atoms with E-state index in [4.69, 9.17) is 9.84 Å². The van der Waals surface area contributed by atoms with E-state index in [0.717, 1.165) is 6.07 Å². The molecular formula is C12H18FNO3. The van der Waals surface area contributed by atoms with Crippen LogP contribution in [0.2, 0.25) is 0 Å². The van der Waals surface area contributed by atoms with Gasteiger partial charge in [-0.15, -0.1) is 0 Å². The fourth-order valence-electron chi connectivity index (χ4n) is 1.60. The molecule has 0 radical (unpaired) electrons. The zero-order valence-corrected chi connectivity index (χ0v) is 9.82. The summed E-state index contributed by atoms with van der Waals surface area (Å²) >= 11 is 0. The van der Waals surface area contributed by atoms with Crippen molar-refractivity contribution in [3.63, 3.8) is 0 Å². The standard InChI is InChI=1S/C12H18FNO3/c1-17-8-11(2-3-15)14-7-9-4-10(13)6-12(16)5-9/h4-6,11,14-16H,2-3,7-8H2,1H3. The number of aliphatic hydroxyl groups excluding tert-OH is 1. The topological polar surface area (TPSA) is 61.7 Å². The van der Waals surface area contributed by atoms with E-state index in [9.17, 15) is 9.50 Å². The molecule has 0 amide bonds. The van der Waals surface area contributed by atoms with Crippen LogP contribution in [0.4, 0.5) is 4.39 Å². The molecule has 1 aromatic rings. The molecule has 0 spiro atoms. The Hall–Kier alpha value is -1.17. The summed E-state index contributed by atoms with van der Waals surface area (Å²) in [6.07, 6.45) is 0.565. The van der Waals surface area contributed by atoms with Crippen LogP contribution in [0.25, 0.3) is 0 Å². The zero-order valence-electron chi connectivity index (χ0n) is 9.82. The van der Waals surface area contributed by atoms with Crippen LogP contribution in [-0.4, -0.2) is 36.6 Å². The largest absolute Gasteiger partial charge is 0.508 e. The van der Waals surface area contributed by atoms with Crippen LogP contribution in [0.3, 0.4) is 0 Å². The lowest BCUT2D eigenvalue weighted by Gasteiger charge is -2.16. The number of nitrogens with one attached hydrogen (secondary N) is 1. The molecule has 0 aliphatic carbocycles. The third-order valence-corrected chi connectivity index (χ3v) is 2.38. The highest BCUT2D eigenvalue weighted by Gasteiger charge is 2.07. The summed E-state index contributed by atoms with van der Waals surface area (Å²) in [6, 6.07) is 3.92. The minimum atomic E-state index is -0.466. The van der Waals surface area contributed by atoms with Crippen LogP contribution in [0, 0.1) is 5.82 Å². The maximum absolute atomic E-state index is 13.0. The zero-order chi connectivity index (χ0) is 12.7. The molecule has 1 rings (SSSR count). The van der Waals surface area contributed by atoms with Crippen LogP contribution in [0.5, 0.6) is 5.75 Å². The second kappa shape index (κ2) is 7.21. The smallest absolute Gasteiger partial charge is 0.127 e. The Labute approximate surface area is 100 Å². The van der Waals surface area contributed by atoms with E-state index in [1.165, 1.54) is 12.1 Å². The molecule has 96 valence electrons. The van der Waals surface area contributed by atoms with E-state index in [1.54, 1.807) is 7.11 Å². The molecule has 0 heterocycles. The number of ether oxygens (including phenoxy) is 1. The highest BCUT2D eigenvalue weighted by molar-refractivity contribution is 5.28. The van der Waals surface area contributed by atoms with Crippen molar-refractivity contribution < 1.29 is 19.3 Å². The van der Waals surface area contributed by atoms with Crippen molar-refractivity contribution in [2.75, 3.05) is 20.3 Å². The van der Waals surface area contributed by atoms with Gasteiger partial charge in [-0.25, -0.2) is 4.39 Å². The number of benzene rings is 1. The first-order valence-electron chi connectivity index (χ1n) is 5.47. The lowest BCUT2D eigenvalue weighted by Crippen LogP contribution is -2.33. The van der Waals surface area contributed by atoms with Crippen LogP contribution < -0.4 is 5.32 Å². The predicted molar refractivity (Wildman–Crippen MR) is 62.3 cm³/mol. The van der Waals surface area contributed by atoms with Gasteiger partial charge >= 0.3 is 0 Å². The number of aliphatic hydroxyl groups is 1. The Balaban J connectivity index is 2.52. The van der Waals surface area contributed by atoms with Crippen LogP contribution in [0.15, 0.2) is 18.2 Å². The van der Waals surface area contributed by atoms with Gasteiger partial charge in [0, 0.05) is 32.4 Å². The maximum atomic E-state index is 13.0. The number of hydrogen-bond acceptors (Lipinski definition) is 4.